The van der Waals surface area contributed by atoms with Crippen LogP contribution in [-0.4, -0.2) is 54.5 Å². The largest absolute Gasteiger partial charge is 0.465 e. The van der Waals surface area contributed by atoms with Crippen LogP contribution in [0.4, 0.5) is 5.13 Å². The van der Waals surface area contributed by atoms with Crippen molar-refractivity contribution in [3.8, 4) is 0 Å². The highest BCUT2D eigenvalue weighted by molar-refractivity contribution is 7.13. The second-order valence-electron chi connectivity index (χ2n) is 7.02. The fourth-order valence-corrected chi connectivity index (χ4v) is 4.53. The maximum atomic E-state index is 5.98. The third-order valence-corrected chi connectivity index (χ3v) is 5.73. The highest BCUT2D eigenvalue weighted by Gasteiger charge is 2.39. The van der Waals surface area contributed by atoms with Crippen LogP contribution in [0.25, 0.3) is 0 Å². The number of aromatic nitrogens is 2. The molecule has 0 aromatic carbocycles. The lowest BCUT2D eigenvalue weighted by atomic mass is 9.80. The number of aryl methyl sites for hydroxylation is 1. The molecule has 1 spiro atoms. The van der Waals surface area contributed by atoms with E-state index >= 15 is 0 Å². The quantitative estimate of drug-likeness (QED) is 0.850. The van der Waals surface area contributed by atoms with Crippen LogP contribution in [-0.2, 0) is 11.3 Å². The Labute approximate surface area is 146 Å². The van der Waals surface area contributed by atoms with Gasteiger partial charge in [0.1, 0.15) is 17.0 Å². The Bertz CT molecular complexity index is 659. The molecule has 24 heavy (non-hydrogen) atoms. The van der Waals surface area contributed by atoms with E-state index in [9.17, 15) is 0 Å². The van der Waals surface area contributed by atoms with Gasteiger partial charge in [0.15, 0.2) is 0 Å². The Morgan fingerprint density at radius 3 is 3.04 bits per heavy atom. The maximum Gasteiger partial charge on any atom is 0.208 e. The molecule has 1 atom stereocenters. The van der Waals surface area contributed by atoms with Crippen molar-refractivity contribution >= 4 is 16.5 Å². The Morgan fingerprint density at radius 2 is 2.25 bits per heavy atom. The Balaban J connectivity index is 1.47. The van der Waals surface area contributed by atoms with Gasteiger partial charge in [-0.15, -0.1) is 10.2 Å². The summed E-state index contributed by atoms with van der Waals surface area (Å²) < 4.78 is 11.8. The molecule has 0 saturated carbocycles. The number of hydrogen-bond donors (Lipinski definition) is 0. The minimum atomic E-state index is 0.169. The number of furan rings is 1. The van der Waals surface area contributed by atoms with Crippen molar-refractivity contribution in [2.24, 2.45) is 5.41 Å². The smallest absolute Gasteiger partial charge is 0.208 e. The molecule has 2 aliphatic heterocycles. The molecule has 130 valence electrons. The van der Waals surface area contributed by atoms with E-state index < -0.39 is 0 Å². The molecule has 0 N–H and O–H groups in total. The Morgan fingerprint density at radius 1 is 1.29 bits per heavy atom. The predicted octanol–water partition coefficient (Wildman–Crippen LogP) is 2.56. The fraction of sp³-hybridized carbons (Fsp3) is 0.647. The summed E-state index contributed by atoms with van der Waals surface area (Å²) in [6.07, 6.45) is 2.41. The third kappa shape index (κ3) is 3.48. The lowest BCUT2D eigenvalue weighted by Gasteiger charge is -2.43. The summed E-state index contributed by atoms with van der Waals surface area (Å²) in [6, 6.07) is 4.13. The van der Waals surface area contributed by atoms with Crippen molar-refractivity contribution in [1.82, 2.24) is 15.1 Å². The van der Waals surface area contributed by atoms with Crippen molar-refractivity contribution in [1.29, 1.82) is 0 Å². The molecule has 2 aromatic heterocycles. The normalized spacial score (nSPS) is 26.0. The Hall–Kier alpha value is -1.44. The molecule has 2 saturated heterocycles. The van der Waals surface area contributed by atoms with Crippen LogP contribution in [0.15, 0.2) is 22.1 Å². The van der Waals surface area contributed by atoms with Gasteiger partial charge in [-0.1, -0.05) is 11.3 Å². The van der Waals surface area contributed by atoms with Gasteiger partial charge >= 0.3 is 0 Å². The first kappa shape index (κ1) is 16.1. The van der Waals surface area contributed by atoms with E-state index in [0.29, 0.717) is 0 Å². The number of piperidine rings is 1. The van der Waals surface area contributed by atoms with Gasteiger partial charge in [-0.05, 0) is 38.4 Å². The van der Waals surface area contributed by atoms with Crippen molar-refractivity contribution < 1.29 is 9.15 Å². The average molecular weight is 348 g/mol. The van der Waals surface area contributed by atoms with Gasteiger partial charge in [0.25, 0.3) is 0 Å². The zero-order valence-electron chi connectivity index (χ0n) is 14.1. The zero-order chi connectivity index (χ0) is 16.4. The fourth-order valence-electron chi connectivity index (χ4n) is 3.94. The first-order valence-electron chi connectivity index (χ1n) is 8.59. The molecule has 1 unspecified atom stereocenters. The number of nitrogens with zero attached hydrogens (tertiary/aromatic N) is 4. The number of hydrogen-bond acceptors (Lipinski definition) is 7. The van der Waals surface area contributed by atoms with Crippen LogP contribution in [0.1, 0.15) is 24.4 Å². The van der Waals surface area contributed by atoms with Gasteiger partial charge in [0, 0.05) is 25.0 Å². The topological polar surface area (TPSA) is 54.6 Å². The molecule has 4 rings (SSSR count). The standard InChI is InChI=1S/C17H24N4O2S/c1-14-3-4-15(23-14)9-20-6-2-5-17(10-20)11-21(7-8-22-12-17)16-19-18-13-24-16/h3-4,13H,2,5-12H2,1H3. The van der Waals surface area contributed by atoms with Crippen molar-refractivity contribution in [2.45, 2.75) is 26.3 Å². The van der Waals surface area contributed by atoms with E-state index in [-0.39, 0.29) is 5.41 Å². The average Bonchev–Trinajstić information content (AvgIpc) is 3.19. The third-order valence-electron chi connectivity index (χ3n) is 4.98. The summed E-state index contributed by atoms with van der Waals surface area (Å²) >= 11 is 1.61. The van der Waals surface area contributed by atoms with Crippen LogP contribution in [0.2, 0.25) is 0 Å². The van der Waals surface area contributed by atoms with Crippen LogP contribution < -0.4 is 4.90 Å². The highest BCUT2D eigenvalue weighted by Crippen LogP contribution is 2.35. The monoisotopic (exact) mass is 348 g/mol. The molecular weight excluding hydrogens is 324 g/mol. The van der Waals surface area contributed by atoms with Gasteiger partial charge in [-0.3, -0.25) is 4.90 Å². The number of anilines is 1. The first-order valence-corrected chi connectivity index (χ1v) is 9.47. The van der Waals surface area contributed by atoms with Gasteiger partial charge < -0.3 is 14.1 Å². The predicted molar refractivity (Wildman–Crippen MR) is 93.3 cm³/mol. The van der Waals surface area contributed by atoms with E-state index in [1.807, 2.05) is 13.0 Å². The summed E-state index contributed by atoms with van der Waals surface area (Å²) in [6.45, 7) is 8.54. The molecule has 4 heterocycles. The summed E-state index contributed by atoms with van der Waals surface area (Å²) in [5, 5.41) is 9.27. The van der Waals surface area contributed by atoms with Crippen molar-refractivity contribution in [3.05, 3.63) is 29.2 Å². The molecule has 0 amide bonds. The molecule has 0 bridgehead atoms. The van der Waals surface area contributed by atoms with Crippen LogP contribution in [0, 0.1) is 12.3 Å². The van der Waals surface area contributed by atoms with Gasteiger partial charge in [-0.25, -0.2) is 0 Å². The lowest BCUT2D eigenvalue weighted by Crippen LogP contribution is -2.50. The van der Waals surface area contributed by atoms with Gasteiger partial charge in [-0.2, -0.15) is 0 Å². The summed E-state index contributed by atoms with van der Waals surface area (Å²) in [4.78, 5) is 4.86. The molecule has 0 radical (unpaired) electrons. The van der Waals surface area contributed by atoms with E-state index in [1.165, 1.54) is 12.8 Å². The van der Waals surface area contributed by atoms with Gasteiger partial charge in [0.2, 0.25) is 5.13 Å². The van der Waals surface area contributed by atoms with Crippen LogP contribution in [0.3, 0.4) is 0 Å². The number of likely N-dealkylation sites (tertiary alicyclic amines) is 1. The second kappa shape index (κ2) is 6.82. The molecule has 2 aliphatic rings. The number of ether oxygens (including phenoxy) is 1. The van der Waals surface area contributed by atoms with Crippen molar-refractivity contribution in [2.75, 3.05) is 44.3 Å². The van der Waals surface area contributed by atoms with E-state index in [1.54, 1.807) is 16.8 Å². The molecule has 6 nitrogen and oxygen atoms in total. The Kier molecular flexibility index (Phi) is 4.56. The van der Waals surface area contributed by atoms with Crippen LogP contribution in [0.5, 0.6) is 0 Å². The summed E-state index contributed by atoms with van der Waals surface area (Å²) in [5.41, 5.74) is 1.97. The maximum absolute atomic E-state index is 5.98. The summed E-state index contributed by atoms with van der Waals surface area (Å²) in [5.74, 6) is 2.04. The van der Waals surface area contributed by atoms with E-state index in [4.69, 9.17) is 9.15 Å². The minimum Gasteiger partial charge on any atom is -0.465 e. The zero-order valence-corrected chi connectivity index (χ0v) is 14.9. The van der Waals surface area contributed by atoms with E-state index in [2.05, 4.69) is 26.1 Å². The minimum absolute atomic E-state index is 0.169. The lowest BCUT2D eigenvalue weighted by molar-refractivity contribution is 0.00874. The number of rotatable bonds is 3. The molecule has 2 fully saturated rings. The van der Waals surface area contributed by atoms with Crippen LogP contribution >= 0.6 is 11.3 Å². The summed E-state index contributed by atoms with van der Waals surface area (Å²) in [7, 11) is 0. The van der Waals surface area contributed by atoms with Crippen molar-refractivity contribution in [3.63, 3.8) is 0 Å². The first-order chi connectivity index (χ1) is 11.7. The molecule has 7 heteroatoms. The molecule has 2 aromatic rings. The molecule has 0 aliphatic carbocycles. The SMILES string of the molecule is Cc1ccc(CN2CCCC3(COCCN(c4nncs4)C3)C2)o1. The highest BCUT2D eigenvalue weighted by atomic mass is 32.1. The second-order valence-corrected chi connectivity index (χ2v) is 7.83. The van der Waals surface area contributed by atoms with E-state index in [0.717, 1.165) is 62.6 Å². The molecular formula is C17H24N4O2S. The van der Waals surface area contributed by atoms with Gasteiger partial charge in [0.05, 0.1) is 19.8 Å².